The fraction of sp³-hybridized carbons (Fsp3) is 0.333. The summed E-state index contributed by atoms with van der Waals surface area (Å²) in [6.45, 7) is 14.7. The van der Waals surface area contributed by atoms with Crippen LogP contribution in [0.1, 0.15) is 38.8 Å². The van der Waals surface area contributed by atoms with Gasteiger partial charge in [-0.15, -0.1) is 0 Å². The normalized spacial score (nSPS) is 12.0. The van der Waals surface area contributed by atoms with Crippen LogP contribution in [0, 0.1) is 0 Å². The van der Waals surface area contributed by atoms with Gasteiger partial charge in [-0.25, -0.2) is 9.59 Å². The molecule has 0 saturated heterocycles. The van der Waals surface area contributed by atoms with Crippen LogP contribution in [0.2, 0.25) is 0 Å². The first-order valence-corrected chi connectivity index (χ1v) is 11.3. The lowest BCUT2D eigenvalue weighted by molar-refractivity contribution is -0.156. The van der Waals surface area contributed by atoms with Gasteiger partial charge in [-0.1, -0.05) is 25.3 Å². The van der Waals surface area contributed by atoms with Crippen molar-refractivity contribution in [3.63, 3.8) is 0 Å². The molecule has 0 aliphatic rings. The molecular weight excluding hydrogens is 452 g/mol. The molecule has 0 fully saturated rings. The summed E-state index contributed by atoms with van der Waals surface area (Å²) in [5.41, 5.74) is 1.58. The second-order valence-electron chi connectivity index (χ2n) is 7.23. The third-order valence-electron chi connectivity index (χ3n) is 4.56. The van der Waals surface area contributed by atoms with Crippen LogP contribution < -0.4 is 18.9 Å². The third-order valence-corrected chi connectivity index (χ3v) is 4.56. The Labute approximate surface area is 206 Å². The molecule has 2 aromatic rings. The maximum absolute atomic E-state index is 11.6. The van der Waals surface area contributed by atoms with Crippen LogP contribution in [-0.4, -0.2) is 37.7 Å². The van der Waals surface area contributed by atoms with E-state index in [9.17, 15) is 9.59 Å². The molecule has 0 saturated carbocycles. The number of carbonyl (C=O) groups is 2. The monoisotopic (exact) mass is 484 g/mol. The second kappa shape index (κ2) is 13.7. The molecule has 0 bridgehead atoms. The highest BCUT2D eigenvalue weighted by molar-refractivity contribution is 5.81. The van der Waals surface area contributed by atoms with E-state index in [1.54, 1.807) is 26.0 Å². The molecule has 0 aromatic heterocycles. The van der Waals surface area contributed by atoms with Crippen LogP contribution in [0.25, 0.3) is 0 Å². The molecule has 35 heavy (non-hydrogen) atoms. The number of hydrogen-bond donors (Lipinski definition) is 0. The van der Waals surface area contributed by atoms with E-state index in [4.69, 9.17) is 28.4 Å². The summed E-state index contributed by atoms with van der Waals surface area (Å²) in [5.74, 6) is 0.997. The van der Waals surface area contributed by atoms with E-state index >= 15 is 0 Å². The number of benzene rings is 2. The van der Waals surface area contributed by atoms with Gasteiger partial charge in [-0.3, -0.25) is 0 Å². The van der Waals surface area contributed by atoms with Crippen molar-refractivity contribution in [2.45, 2.75) is 46.7 Å². The molecule has 0 N–H and O–H groups in total. The number of hydrogen-bond acceptors (Lipinski definition) is 8. The van der Waals surface area contributed by atoms with Gasteiger partial charge < -0.3 is 28.4 Å². The Hall–Kier alpha value is -3.94. The summed E-state index contributed by atoms with van der Waals surface area (Å²) < 4.78 is 33.3. The Morgan fingerprint density at radius 2 is 1.17 bits per heavy atom. The zero-order valence-corrected chi connectivity index (χ0v) is 20.6. The summed E-state index contributed by atoms with van der Waals surface area (Å²) in [6, 6.07) is 10.9. The number of esters is 2. The van der Waals surface area contributed by atoms with Gasteiger partial charge in [0, 0.05) is 44.6 Å². The minimum absolute atomic E-state index is 0.397. The summed E-state index contributed by atoms with van der Waals surface area (Å²) in [5, 5.41) is 0. The van der Waals surface area contributed by atoms with Crippen LogP contribution in [0.5, 0.6) is 23.0 Å². The SMILES string of the molecule is C=CC(=O)OC(C)Oc1cc(OCC)ccc1Cc1ccc(OCC)cc1OC(C)OC(=O)C=C. The molecule has 0 radical (unpaired) electrons. The molecule has 2 atom stereocenters. The maximum Gasteiger partial charge on any atom is 0.333 e. The minimum atomic E-state index is -0.856. The lowest BCUT2D eigenvalue weighted by atomic mass is 10.0. The van der Waals surface area contributed by atoms with Gasteiger partial charge in [0.25, 0.3) is 0 Å². The average molecular weight is 485 g/mol. The number of rotatable bonds is 14. The third kappa shape index (κ3) is 8.73. The van der Waals surface area contributed by atoms with Gasteiger partial charge >= 0.3 is 11.9 Å². The van der Waals surface area contributed by atoms with Gasteiger partial charge in [-0.05, 0) is 37.1 Å². The topological polar surface area (TPSA) is 89.5 Å². The molecule has 2 rings (SSSR count). The van der Waals surface area contributed by atoms with Crippen molar-refractivity contribution in [3.05, 3.63) is 72.8 Å². The van der Waals surface area contributed by atoms with Crippen LogP contribution in [-0.2, 0) is 25.5 Å². The average Bonchev–Trinajstić information content (AvgIpc) is 2.82. The molecule has 8 heteroatoms. The van der Waals surface area contributed by atoms with Crippen molar-refractivity contribution in [1.82, 2.24) is 0 Å². The Morgan fingerprint density at radius 1 is 0.771 bits per heavy atom. The molecule has 0 heterocycles. The van der Waals surface area contributed by atoms with E-state index < -0.39 is 24.5 Å². The number of carbonyl (C=O) groups excluding carboxylic acids is 2. The van der Waals surface area contributed by atoms with Crippen molar-refractivity contribution in [3.8, 4) is 23.0 Å². The second-order valence-corrected chi connectivity index (χ2v) is 7.23. The van der Waals surface area contributed by atoms with E-state index in [2.05, 4.69) is 13.2 Å². The predicted molar refractivity (Wildman–Crippen MR) is 131 cm³/mol. The molecule has 0 amide bonds. The molecule has 0 spiro atoms. The van der Waals surface area contributed by atoms with Crippen LogP contribution in [0.3, 0.4) is 0 Å². The Morgan fingerprint density at radius 3 is 1.51 bits per heavy atom. The summed E-state index contributed by atoms with van der Waals surface area (Å²) in [6.07, 6.45) is 0.826. The van der Waals surface area contributed by atoms with Crippen molar-refractivity contribution in [2.24, 2.45) is 0 Å². The van der Waals surface area contributed by atoms with Crippen molar-refractivity contribution in [2.75, 3.05) is 13.2 Å². The summed E-state index contributed by atoms with van der Waals surface area (Å²) in [4.78, 5) is 23.1. The molecule has 0 aliphatic heterocycles. The van der Waals surface area contributed by atoms with E-state index in [-0.39, 0.29) is 0 Å². The van der Waals surface area contributed by atoms with Crippen molar-refractivity contribution >= 4 is 11.9 Å². The first-order valence-electron chi connectivity index (χ1n) is 11.3. The van der Waals surface area contributed by atoms with E-state index in [1.165, 1.54) is 0 Å². The molecule has 2 unspecified atom stereocenters. The van der Waals surface area contributed by atoms with Crippen LogP contribution in [0.15, 0.2) is 61.7 Å². The fourth-order valence-electron chi connectivity index (χ4n) is 3.13. The van der Waals surface area contributed by atoms with Crippen LogP contribution in [0.4, 0.5) is 0 Å². The fourth-order valence-corrected chi connectivity index (χ4v) is 3.13. The minimum Gasteiger partial charge on any atom is -0.494 e. The zero-order chi connectivity index (χ0) is 25.8. The first-order chi connectivity index (χ1) is 16.8. The van der Waals surface area contributed by atoms with Gasteiger partial charge in [0.2, 0.25) is 12.6 Å². The highest BCUT2D eigenvalue weighted by Gasteiger charge is 2.17. The van der Waals surface area contributed by atoms with Gasteiger partial charge in [0.05, 0.1) is 13.2 Å². The predicted octanol–water partition coefficient (Wildman–Crippen LogP) is 4.98. The quantitative estimate of drug-likeness (QED) is 0.211. The standard InChI is InChI=1S/C27H32O8/c1-7-26(28)34-18(5)32-24-16-22(30-9-3)13-11-20(24)15-21-12-14-23(31-10-4)17-25(21)33-19(6)35-27(29)8-2/h7-8,11-14,16-19H,1-2,9-10,15H2,3-6H3. The van der Waals surface area contributed by atoms with Gasteiger partial charge in [0.1, 0.15) is 23.0 Å². The first kappa shape index (κ1) is 27.3. The summed E-state index contributed by atoms with van der Waals surface area (Å²) in [7, 11) is 0. The molecule has 2 aromatic carbocycles. The maximum atomic E-state index is 11.6. The zero-order valence-electron chi connectivity index (χ0n) is 20.6. The summed E-state index contributed by atoms with van der Waals surface area (Å²) >= 11 is 0. The highest BCUT2D eigenvalue weighted by Crippen LogP contribution is 2.33. The van der Waals surface area contributed by atoms with E-state index in [0.29, 0.717) is 42.6 Å². The smallest absolute Gasteiger partial charge is 0.333 e. The molecular formula is C27H32O8. The van der Waals surface area contributed by atoms with Crippen molar-refractivity contribution < 1.29 is 38.0 Å². The lowest BCUT2D eigenvalue weighted by Crippen LogP contribution is -2.21. The Bertz CT molecular complexity index is 948. The lowest BCUT2D eigenvalue weighted by Gasteiger charge is -2.20. The Balaban J connectivity index is 2.38. The van der Waals surface area contributed by atoms with Crippen molar-refractivity contribution in [1.29, 1.82) is 0 Å². The number of ether oxygens (including phenoxy) is 6. The highest BCUT2D eigenvalue weighted by atomic mass is 16.7. The molecule has 188 valence electrons. The van der Waals surface area contributed by atoms with Gasteiger partial charge in [0.15, 0.2) is 0 Å². The Kier molecular flexibility index (Phi) is 10.7. The largest absolute Gasteiger partial charge is 0.494 e. The molecule has 0 aliphatic carbocycles. The van der Waals surface area contributed by atoms with Crippen LogP contribution >= 0.6 is 0 Å². The van der Waals surface area contributed by atoms with Gasteiger partial charge in [-0.2, -0.15) is 0 Å². The van der Waals surface area contributed by atoms with E-state index in [1.807, 2.05) is 38.1 Å². The van der Waals surface area contributed by atoms with E-state index in [0.717, 1.165) is 23.3 Å². The molecule has 8 nitrogen and oxygen atoms in total.